The average Bonchev–Trinajstić information content (AvgIpc) is 1.65. The van der Waals surface area contributed by atoms with Gasteiger partial charge in [0.25, 0.3) is 0 Å². The second kappa shape index (κ2) is 47.9. The normalized spacial score (nSPS) is 34.4. The largest absolute Gasteiger partial charge is 0.458 e. The van der Waals surface area contributed by atoms with Crippen LogP contribution in [-0.2, 0) is 61.9 Å². The molecule has 6 rings (SSSR count). The maximum absolute atomic E-state index is 12.8. The number of carbonyl (C=O) groups is 5. The van der Waals surface area contributed by atoms with Gasteiger partial charge in [-0.05, 0) is 201 Å². The van der Waals surface area contributed by atoms with Crippen molar-refractivity contribution < 1.29 is 61.9 Å². The first kappa shape index (κ1) is 101. The predicted molar refractivity (Wildman–Crippen MR) is 464 cm³/mol. The second-order valence-electron chi connectivity index (χ2n) is 38.6. The van der Waals surface area contributed by atoms with E-state index in [9.17, 15) is 24.0 Å². The Bertz CT molecular complexity index is 3010. The summed E-state index contributed by atoms with van der Waals surface area (Å²) in [7, 11) is 0. The van der Waals surface area contributed by atoms with E-state index in [0.717, 1.165) is 74.5 Å². The molecule has 6 aliphatic heterocycles. The first-order valence-electron chi connectivity index (χ1n) is 43.8. The predicted octanol–water partition coefficient (Wildman–Crippen LogP) is 24.9. The lowest BCUT2D eigenvalue weighted by Crippen LogP contribution is -2.28. The van der Waals surface area contributed by atoms with E-state index in [1.807, 2.05) is 52.0 Å². The van der Waals surface area contributed by atoms with Crippen LogP contribution in [0.25, 0.3) is 0 Å². The van der Waals surface area contributed by atoms with Crippen molar-refractivity contribution >= 4 is 29.8 Å². The molecule has 0 radical (unpaired) electrons. The zero-order chi connectivity index (χ0) is 83.6. The molecule has 0 aromatic carbocycles. The lowest BCUT2D eigenvalue weighted by Gasteiger charge is -2.27. The molecule has 0 N–H and O–H groups in total. The fourth-order valence-electron chi connectivity index (χ4n) is 16.2. The van der Waals surface area contributed by atoms with Crippen LogP contribution in [0.3, 0.4) is 0 Å². The highest BCUT2D eigenvalue weighted by Crippen LogP contribution is 2.45. The van der Waals surface area contributed by atoms with Crippen molar-refractivity contribution in [2.75, 3.05) is 0 Å². The molecule has 0 saturated carbocycles. The van der Waals surface area contributed by atoms with Crippen LogP contribution in [0.1, 0.15) is 311 Å². The molecule has 3 saturated heterocycles. The van der Waals surface area contributed by atoms with Gasteiger partial charge in [0.05, 0.1) is 36.6 Å². The van der Waals surface area contributed by atoms with Gasteiger partial charge in [-0.15, -0.1) is 0 Å². The summed E-state index contributed by atoms with van der Waals surface area (Å²) < 4.78 is 47.5. The molecule has 27 unspecified atom stereocenters. The lowest BCUT2D eigenvalue weighted by molar-refractivity contribution is -0.151. The Kier molecular flexibility index (Phi) is 43.3. The highest BCUT2D eigenvalue weighted by atomic mass is 16.6. The van der Waals surface area contributed by atoms with E-state index in [2.05, 4.69) is 233 Å². The Hall–Kier alpha value is -5.11. The molecule has 27 atom stereocenters. The van der Waals surface area contributed by atoms with Crippen molar-refractivity contribution in [3.8, 4) is 0 Å². The number of allylic oxidation sites excluding steroid dienone is 10. The number of esters is 5. The summed E-state index contributed by atoms with van der Waals surface area (Å²) in [6, 6.07) is 0. The van der Waals surface area contributed by atoms with Gasteiger partial charge in [0, 0.05) is 50.9 Å². The van der Waals surface area contributed by atoms with Gasteiger partial charge in [0.2, 0.25) is 0 Å². The minimum absolute atomic E-state index is 0. The number of cyclic esters (lactones) is 3. The number of hydrogen-bond acceptors (Lipinski definition) is 13. The van der Waals surface area contributed by atoms with Crippen LogP contribution in [0.2, 0.25) is 0 Å². The highest BCUT2D eigenvalue weighted by Gasteiger charge is 2.48. The summed E-state index contributed by atoms with van der Waals surface area (Å²) in [4.78, 5) is 61.7. The molecule has 640 valence electrons. The SMILES string of the molecule is C.CCC(C)C(C)C1OC1CC(C)(C)/C=C/C=C(\C)C1OC(=O)CC(C)CCC(C)C(C)/C=C/C1C.CCC(C)C(C)C1OC1CC(C)(C)/C=C/C=C(\C)C1OC(=O)CC(C)CCC(C)C(OC(C)=O)/C=C/C1C.CCC(C)C(C)C1OC1CC(C)(C)/C=C/C=C(\C)C1OC(=O)CC(C)CCC(C)C(OC(C)=O)/C=C/C1C. The molecule has 6 heterocycles. The Morgan fingerprint density at radius 3 is 0.911 bits per heavy atom. The Morgan fingerprint density at radius 1 is 0.402 bits per heavy atom. The van der Waals surface area contributed by atoms with Gasteiger partial charge in [0.15, 0.2) is 0 Å². The molecule has 13 heteroatoms. The van der Waals surface area contributed by atoms with E-state index in [4.69, 9.17) is 37.9 Å². The van der Waals surface area contributed by atoms with Crippen LogP contribution in [0.5, 0.6) is 0 Å². The van der Waals surface area contributed by atoms with E-state index in [-0.39, 0.29) is 125 Å². The molecule has 112 heavy (non-hydrogen) atoms. The molecule has 0 spiro atoms. The summed E-state index contributed by atoms with van der Waals surface area (Å²) in [6.45, 7) is 64.7. The third kappa shape index (κ3) is 36.2. The molecule has 13 nitrogen and oxygen atoms in total. The number of carbonyl (C=O) groups excluding carboxylic acids is 5. The minimum atomic E-state index is -0.376. The van der Waals surface area contributed by atoms with Gasteiger partial charge in [-0.25, -0.2) is 0 Å². The highest BCUT2D eigenvalue weighted by molar-refractivity contribution is 5.71. The number of hydrogen-bond donors (Lipinski definition) is 0. The summed E-state index contributed by atoms with van der Waals surface area (Å²) in [5.74, 6) is 5.24. The molecule has 3 fully saturated rings. The van der Waals surface area contributed by atoms with E-state index in [1.54, 1.807) is 0 Å². The van der Waals surface area contributed by atoms with Crippen LogP contribution in [0, 0.1) is 111 Å². The summed E-state index contributed by atoms with van der Waals surface area (Å²) in [6.07, 6.45) is 46.2. The molecule has 0 bridgehead atoms. The lowest BCUT2D eigenvalue weighted by atomic mass is 9.83. The van der Waals surface area contributed by atoms with Gasteiger partial charge in [-0.3, -0.25) is 24.0 Å². The van der Waals surface area contributed by atoms with Crippen LogP contribution in [-0.4, -0.2) is 97.0 Å². The summed E-state index contributed by atoms with van der Waals surface area (Å²) >= 11 is 0. The molecule has 0 amide bonds. The van der Waals surface area contributed by atoms with Crippen molar-refractivity contribution in [2.45, 2.75) is 379 Å². The molecule has 0 aliphatic carbocycles. The maximum Gasteiger partial charge on any atom is 0.306 e. The smallest absolute Gasteiger partial charge is 0.306 e. The average molecular weight is 1560 g/mol. The van der Waals surface area contributed by atoms with Crippen molar-refractivity contribution in [2.24, 2.45) is 111 Å². The molecule has 0 aromatic rings. The van der Waals surface area contributed by atoms with E-state index < -0.39 is 0 Å². The van der Waals surface area contributed by atoms with Crippen LogP contribution >= 0.6 is 0 Å². The standard InChI is InChI=1S/2C33H54O5.C32H54O3.CH4/c2*1-11-22(3)26(7)32-29(37-32)20-33(9,10)18-12-13-24(5)31-25(6)16-17-28(36-27(8)34)23(4)15-14-21(2)19-30(35)38-31;1-11-22(3)27(8)31-28(34-31)20-32(9,10)18-12-13-25(6)30-26(7)17-16-24(5)23(4)15-14-21(2)19-29(33)35-30;/h2*12-13,16-18,21-23,25-26,28-29,31-32H,11,14-15,19-20H2,1-10H3;12-13,16-18,21-24,26-28,30-31H,11,14-15,19-20H2,1-10H3;1H4/b2*17-16+,18-12+,24-13+;17-16+,18-12+,25-13+;. The molecule has 6 aliphatic rings. The van der Waals surface area contributed by atoms with Crippen molar-refractivity contribution in [3.05, 3.63) is 108 Å². The molecular formula is C99H166O13. The quantitative estimate of drug-likeness (QED) is 0.0264. The van der Waals surface area contributed by atoms with Crippen molar-refractivity contribution in [3.63, 3.8) is 0 Å². The topological polar surface area (TPSA) is 169 Å². The molecular weight excluding hydrogens is 1400 g/mol. The Labute approximate surface area is 685 Å². The van der Waals surface area contributed by atoms with Crippen LogP contribution in [0.15, 0.2) is 108 Å². The van der Waals surface area contributed by atoms with Crippen LogP contribution < -0.4 is 0 Å². The fraction of sp³-hybridized carbons (Fsp3) is 0.768. The second-order valence-corrected chi connectivity index (χ2v) is 38.6. The minimum Gasteiger partial charge on any atom is -0.458 e. The van der Waals surface area contributed by atoms with Gasteiger partial charge < -0.3 is 37.9 Å². The van der Waals surface area contributed by atoms with Crippen molar-refractivity contribution in [1.82, 2.24) is 0 Å². The third-order valence-electron chi connectivity index (χ3n) is 25.9. The summed E-state index contributed by atoms with van der Waals surface area (Å²) in [5.41, 5.74) is 3.15. The number of ether oxygens (including phenoxy) is 8. The molecule has 0 aromatic heterocycles. The van der Waals surface area contributed by atoms with E-state index in [1.165, 1.54) is 33.1 Å². The monoisotopic (exact) mass is 1560 g/mol. The Morgan fingerprint density at radius 2 is 0.652 bits per heavy atom. The van der Waals surface area contributed by atoms with E-state index in [0.29, 0.717) is 109 Å². The van der Waals surface area contributed by atoms with Gasteiger partial charge in [-0.2, -0.15) is 0 Å². The summed E-state index contributed by atoms with van der Waals surface area (Å²) in [5, 5.41) is 0. The first-order valence-corrected chi connectivity index (χ1v) is 43.8. The van der Waals surface area contributed by atoms with Gasteiger partial charge >= 0.3 is 29.8 Å². The van der Waals surface area contributed by atoms with Gasteiger partial charge in [0.1, 0.15) is 30.5 Å². The number of rotatable bonds is 26. The fourth-order valence-corrected chi connectivity index (χ4v) is 16.2. The zero-order valence-corrected chi connectivity index (χ0v) is 75.7. The third-order valence-corrected chi connectivity index (χ3v) is 25.9. The van der Waals surface area contributed by atoms with Crippen molar-refractivity contribution in [1.29, 1.82) is 0 Å². The zero-order valence-electron chi connectivity index (χ0n) is 75.7. The van der Waals surface area contributed by atoms with Gasteiger partial charge in [-0.1, -0.05) is 279 Å². The van der Waals surface area contributed by atoms with Crippen LogP contribution in [0.4, 0.5) is 0 Å². The Balaban J connectivity index is 0.000000434. The maximum atomic E-state index is 12.8. The van der Waals surface area contributed by atoms with E-state index >= 15 is 0 Å². The first-order chi connectivity index (χ1) is 51.8. The number of epoxide rings is 3.